The summed E-state index contributed by atoms with van der Waals surface area (Å²) in [5.41, 5.74) is 1.47. The first-order valence-corrected chi connectivity index (χ1v) is 8.56. The molecule has 0 radical (unpaired) electrons. The molecule has 7 nitrogen and oxygen atoms in total. The van der Waals surface area contributed by atoms with Crippen LogP contribution in [0.1, 0.15) is 23.7 Å². The van der Waals surface area contributed by atoms with Crippen molar-refractivity contribution in [2.24, 2.45) is 0 Å². The maximum Gasteiger partial charge on any atom is 0.265 e. The number of ketones is 1. The van der Waals surface area contributed by atoms with Crippen molar-refractivity contribution in [3.05, 3.63) is 48.0 Å². The molecule has 7 heteroatoms. The Bertz CT molecular complexity index is 894. The third-order valence-corrected chi connectivity index (χ3v) is 4.20. The molecule has 3 rings (SSSR count). The van der Waals surface area contributed by atoms with Gasteiger partial charge in [0.25, 0.3) is 5.91 Å². The van der Waals surface area contributed by atoms with E-state index in [4.69, 9.17) is 9.47 Å². The fourth-order valence-corrected chi connectivity index (χ4v) is 2.80. The van der Waals surface area contributed by atoms with E-state index in [0.29, 0.717) is 34.9 Å². The normalized spacial score (nSPS) is 12.8. The molecule has 27 heavy (non-hydrogen) atoms. The summed E-state index contributed by atoms with van der Waals surface area (Å²) < 4.78 is 10.5. The van der Waals surface area contributed by atoms with E-state index in [-0.39, 0.29) is 30.7 Å². The summed E-state index contributed by atoms with van der Waals surface area (Å²) in [6.07, 6.45) is 0.351. The molecule has 0 unspecified atom stereocenters. The van der Waals surface area contributed by atoms with Crippen LogP contribution in [0.15, 0.2) is 42.5 Å². The van der Waals surface area contributed by atoms with Crippen LogP contribution in [0.4, 0.5) is 11.4 Å². The standard InChI is InChI=1S/C20H20N2O5/c1-3-17(23)13-7-8-18-16(9-13)22(20(25)12-27-18)11-19(24)21-14-5-4-6-15(10-14)26-2/h4-10H,3,11-12H2,1-2H3,(H,21,24). The Balaban J connectivity index is 1.81. The first-order valence-electron chi connectivity index (χ1n) is 8.56. The van der Waals surface area contributed by atoms with Crippen molar-refractivity contribution >= 4 is 29.0 Å². The van der Waals surface area contributed by atoms with Crippen molar-refractivity contribution in [1.29, 1.82) is 0 Å². The third-order valence-electron chi connectivity index (χ3n) is 4.20. The van der Waals surface area contributed by atoms with Gasteiger partial charge in [-0.1, -0.05) is 13.0 Å². The molecule has 0 saturated carbocycles. The summed E-state index contributed by atoms with van der Waals surface area (Å²) in [4.78, 5) is 38.1. The fourth-order valence-electron chi connectivity index (χ4n) is 2.80. The minimum atomic E-state index is -0.364. The summed E-state index contributed by atoms with van der Waals surface area (Å²) >= 11 is 0. The first kappa shape index (κ1) is 18.4. The van der Waals surface area contributed by atoms with Gasteiger partial charge < -0.3 is 14.8 Å². The second kappa shape index (κ2) is 7.90. The minimum absolute atomic E-state index is 0.0448. The summed E-state index contributed by atoms with van der Waals surface area (Å²) in [5.74, 6) is 0.331. The van der Waals surface area contributed by atoms with Crippen LogP contribution in [0.3, 0.4) is 0 Å². The van der Waals surface area contributed by atoms with Gasteiger partial charge in [0.05, 0.1) is 12.8 Å². The number of fused-ring (bicyclic) bond motifs is 1. The van der Waals surface area contributed by atoms with E-state index in [1.54, 1.807) is 56.5 Å². The molecule has 0 aliphatic carbocycles. The van der Waals surface area contributed by atoms with Gasteiger partial charge in [-0.2, -0.15) is 0 Å². The van der Waals surface area contributed by atoms with Crippen LogP contribution in [0.25, 0.3) is 0 Å². The molecule has 1 heterocycles. The second-order valence-electron chi connectivity index (χ2n) is 6.01. The molecular formula is C20H20N2O5. The summed E-state index contributed by atoms with van der Waals surface area (Å²) in [6.45, 7) is 1.43. The Morgan fingerprint density at radius 2 is 2.04 bits per heavy atom. The highest BCUT2D eigenvalue weighted by Crippen LogP contribution is 2.33. The molecule has 1 N–H and O–H groups in total. The lowest BCUT2D eigenvalue weighted by Crippen LogP contribution is -2.43. The van der Waals surface area contributed by atoms with Crippen molar-refractivity contribution in [1.82, 2.24) is 0 Å². The van der Waals surface area contributed by atoms with Crippen molar-refractivity contribution in [2.45, 2.75) is 13.3 Å². The van der Waals surface area contributed by atoms with Gasteiger partial charge in [0, 0.05) is 23.7 Å². The first-order chi connectivity index (χ1) is 13.0. The summed E-state index contributed by atoms with van der Waals surface area (Å²) in [6, 6.07) is 11.8. The van der Waals surface area contributed by atoms with Crippen LogP contribution < -0.4 is 19.7 Å². The van der Waals surface area contributed by atoms with Crippen LogP contribution in [0.5, 0.6) is 11.5 Å². The molecule has 0 atom stereocenters. The maximum atomic E-state index is 12.5. The Kier molecular flexibility index (Phi) is 5.40. The van der Waals surface area contributed by atoms with Crippen LogP contribution in [0.2, 0.25) is 0 Å². The van der Waals surface area contributed by atoms with Gasteiger partial charge in [-0.05, 0) is 30.3 Å². The van der Waals surface area contributed by atoms with Gasteiger partial charge >= 0.3 is 0 Å². The molecule has 1 aliphatic heterocycles. The number of hydrogen-bond donors (Lipinski definition) is 1. The number of nitrogens with one attached hydrogen (secondary N) is 1. The molecule has 140 valence electrons. The molecule has 2 amide bonds. The van der Waals surface area contributed by atoms with Gasteiger partial charge in [-0.15, -0.1) is 0 Å². The molecular weight excluding hydrogens is 348 g/mol. The van der Waals surface area contributed by atoms with E-state index in [1.165, 1.54) is 4.90 Å². The van der Waals surface area contributed by atoms with E-state index >= 15 is 0 Å². The summed E-state index contributed by atoms with van der Waals surface area (Å²) in [5, 5.41) is 2.74. The average molecular weight is 368 g/mol. The van der Waals surface area contributed by atoms with Gasteiger partial charge in [0.1, 0.15) is 18.0 Å². The number of Topliss-reactive ketones (excluding diaryl/α,β-unsaturated/α-hetero) is 1. The predicted octanol–water partition coefficient (Wildman–Crippen LogP) is 2.65. The van der Waals surface area contributed by atoms with E-state index < -0.39 is 0 Å². The van der Waals surface area contributed by atoms with E-state index in [2.05, 4.69) is 5.32 Å². The number of rotatable bonds is 6. The lowest BCUT2D eigenvalue weighted by Gasteiger charge is -2.29. The monoisotopic (exact) mass is 368 g/mol. The largest absolute Gasteiger partial charge is 0.497 e. The Morgan fingerprint density at radius 1 is 1.22 bits per heavy atom. The number of carbonyl (C=O) groups excluding carboxylic acids is 3. The molecule has 2 aromatic carbocycles. The quantitative estimate of drug-likeness (QED) is 0.793. The van der Waals surface area contributed by atoms with Gasteiger partial charge in [-0.3, -0.25) is 19.3 Å². The highest BCUT2D eigenvalue weighted by molar-refractivity contribution is 6.06. The minimum Gasteiger partial charge on any atom is -0.497 e. The average Bonchev–Trinajstić information content (AvgIpc) is 2.69. The molecule has 2 aromatic rings. The van der Waals surface area contributed by atoms with Gasteiger partial charge in [0.15, 0.2) is 12.4 Å². The molecule has 0 saturated heterocycles. The Labute approximate surface area is 156 Å². The maximum absolute atomic E-state index is 12.5. The summed E-state index contributed by atoms with van der Waals surface area (Å²) in [7, 11) is 1.54. The van der Waals surface area contributed by atoms with E-state index in [1.807, 2.05) is 0 Å². The number of carbonyl (C=O) groups is 3. The smallest absolute Gasteiger partial charge is 0.265 e. The Hall–Kier alpha value is -3.35. The zero-order chi connectivity index (χ0) is 19.4. The van der Waals surface area contributed by atoms with E-state index in [9.17, 15) is 14.4 Å². The predicted molar refractivity (Wildman–Crippen MR) is 101 cm³/mol. The number of methoxy groups -OCH3 is 1. The van der Waals surface area contributed by atoms with Gasteiger partial charge in [0.2, 0.25) is 5.91 Å². The number of anilines is 2. The highest BCUT2D eigenvalue weighted by atomic mass is 16.5. The molecule has 0 spiro atoms. The number of ether oxygens (including phenoxy) is 2. The molecule has 0 bridgehead atoms. The number of nitrogens with zero attached hydrogens (tertiary/aromatic N) is 1. The van der Waals surface area contributed by atoms with Crippen LogP contribution >= 0.6 is 0 Å². The van der Waals surface area contributed by atoms with Crippen molar-refractivity contribution < 1.29 is 23.9 Å². The van der Waals surface area contributed by atoms with E-state index in [0.717, 1.165) is 0 Å². The lowest BCUT2D eigenvalue weighted by atomic mass is 10.1. The van der Waals surface area contributed by atoms with Gasteiger partial charge in [-0.25, -0.2) is 0 Å². The molecule has 0 fully saturated rings. The van der Waals surface area contributed by atoms with Crippen molar-refractivity contribution in [3.63, 3.8) is 0 Å². The lowest BCUT2D eigenvalue weighted by molar-refractivity contribution is -0.123. The topological polar surface area (TPSA) is 84.9 Å². The van der Waals surface area contributed by atoms with Crippen LogP contribution in [0, 0.1) is 0 Å². The fraction of sp³-hybridized carbons (Fsp3) is 0.250. The number of hydrogen-bond acceptors (Lipinski definition) is 5. The zero-order valence-electron chi connectivity index (χ0n) is 15.2. The van der Waals surface area contributed by atoms with Crippen LogP contribution in [-0.2, 0) is 9.59 Å². The van der Waals surface area contributed by atoms with Crippen molar-refractivity contribution in [3.8, 4) is 11.5 Å². The molecule has 1 aliphatic rings. The third kappa shape index (κ3) is 4.08. The molecule has 0 aromatic heterocycles. The SMILES string of the molecule is CCC(=O)c1ccc2c(c1)N(CC(=O)Nc1cccc(OC)c1)C(=O)CO2. The zero-order valence-corrected chi connectivity index (χ0v) is 15.2. The highest BCUT2D eigenvalue weighted by Gasteiger charge is 2.28. The number of benzene rings is 2. The Morgan fingerprint density at radius 3 is 2.78 bits per heavy atom. The number of amides is 2. The van der Waals surface area contributed by atoms with Crippen LogP contribution in [-0.4, -0.2) is 37.9 Å². The van der Waals surface area contributed by atoms with Crippen molar-refractivity contribution in [2.75, 3.05) is 30.5 Å². The second-order valence-corrected chi connectivity index (χ2v) is 6.01.